The van der Waals surface area contributed by atoms with Crippen LogP contribution in [0.25, 0.3) is 0 Å². The number of halogens is 1. The van der Waals surface area contributed by atoms with Gasteiger partial charge >= 0.3 is 0 Å². The number of primary amides is 1. The molecule has 0 aliphatic carbocycles. The number of amides is 2. The predicted molar refractivity (Wildman–Crippen MR) is 77.4 cm³/mol. The fourth-order valence-electron chi connectivity index (χ4n) is 2.04. The van der Waals surface area contributed by atoms with Crippen LogP contribution in [-0.2, 0) is 16.0 Å². The molecule has 0 unspecified atom stereocenters. The van der Waals surface area contributed by atoms with Crippen molar-refractivity contribution < 1.29 is 27.7 Å². The average Bonchev–Trinajstić information content (AvgIpc) is 2.38. The molecule has 0 radical (unpaired) electrons. The Morgan fingerprint density at radius 2 is 1.81 bits per heavy atom. The zero-order valence-electron chi connectivity index (χ0n) is 12.5. The molecule has 6 heteroatoms. The molecule has 118 valence electrons. The number of hydrogen-bond acceptors (Lipinski definition) is 2. The highest BCUT2D eigenvalue weighted by Gasteiger charge is 2.24. The minimum absolute atomic E-state index is 0. The predicted octanol–water partition coefficient (Wildman–Crippen LogP) is -3.14. The fraction of sp³-hybridized carbons (Fsp3) is 0.467. The molecule has 0 saturated heterocycles. The van der Waals surface area contributed by atoms with Crippen LogP contribution in [0.1, 0.15) is 25.8 Å². The fourth-order valence-corrected chi connectivity index (χ4v) is 2.04. The van der Waals surface area contributed by atoms with Gasteiger partial charge in [0, 0.05) is 12.8 Å². The van der Waals surface area contributed by atoms with E-state index in [1.54, 1.807) is 0 Å². The summed E-state index contributed by atoms with van der Waals surface area (Å²) in [5, 5.41) is 2.69. The van der Waals surface area contributed by atoms with Gasteiger partial charge in [-0.15, -0.1) is 0 Å². The molecule has 1 aromatic rings. The van der Waals surface area contributed by atoms with E-state index < -0.39 is 11.9 Å². The van der Waals surface area contributed by atoms with E-state index in [-0.39, 0.29) is 24.4 Å². The highest BCUT2D eigenvalue weighted by molar-refractivity contribution is 5.88. The van der Waals surface area contributed by atoms with Crippen LogP contribution in [0.4, 0.5) is 0 Å². The van der Waals surface area contributed by atoms with Gasteiger partial charge in [0.1, 0.15) is 6.04 Å². The molecule has 0 bridgehead atoms. The number of carbonyl (C=O) groups excluding carboxylic acids is 2. The van der Waals surface area contributed by atoms with Gasteiger partial charge in [-0.25, -0.2) is 0 Å². The maximum Gasteiger partial charge on any atom is 0.278 e. The number of nitrogens with one attached hydrogen (secondary N) is 1. The van der Waals surface area contributed by atoms with Gasteiger partial charge in [-0.3, -0.25) is 9.59 Å². The maximum atomic E-state index is 12.0. The highest BCUT2D eigenvalue weighted by Crippen LogP contribution is 2.05. The maximum absolute atomic E-state index is 12.0. The third-order valence-electron chi connectivity index (χ3n) is 3.07. The largest absolute Gasteiger partial charge is 1.00 e. The molecule has 0 spiro atoms. The third-order valence-corrected chi connectivity index (χ3v) is 3.07. The summed E-state index contributed by atoms with van der Waals surface area (Å²) >= 11 is 0. The van der Waals surface area contributed by atoms with Crippen molar-refractivity contribution in [1.82, 2.24) is 5.32 Å². The van der Waals surface area contributed by atoms with Crippen molar-refractivity contribution in [1.29, 1.82) is 0 Å². The number of nitrogens with two attached hydrogens (primary N) is 1. The summed E-state index contributed by atoms with van der Waals surface area (Å²) in [7, 11) is 0. The molecular formula is C15H24ClN3O2. The van der Waals surface area contributed by atoms with Gasteiger partial charge in [-0.05, 0) is 11.5 Å². The molecular weight excluding hydrogens is 290 g/mol. The molecule has 5 nitrogen and oxygen atoms in total. The molecule has 21 heavy (non-hydrogen) atoms. The first kappa shape index (κ1) is 19.4. The molecule has 1 aromatic carbocycles. The van der Waals surface area contributed by atoms with Gasteiger partial charge in [0.2, 0.25) is 5.91 Å². The first-order chi connectivity index (χ1) is 9.40. The van der Waals surface area contributed by atoms with Crippen molar-refractivity contribution in [2.45, 2.75) is 38.8 Å². The molecule has 0 aliphatic heterocycles. The quantitative estimate of drug-likeness (QED) is 0.495. The number of quaternary nitrogens is 1. The molecule has 0 heterocycles. The van der Waals surface area contributed by atoms with Crippen LogP contribution in [0.2, 0.25) is 0 Å². The van der Waals surface area contributed by atoms with Crippen LogP contribution in [0.3, 0.4) is 0 Å². The molecule has 6 N–H and O–H groups in total. The third kappa shape index (κ3) is 7.11. The molecule has 2 amide bonds. The van der Waals surface area contributed by atoms with Crippen LogP contribution in [-0.4, -0.2) is 23.9 Å². The minimum Gasteiger partial charge on any atom is -1.00 e. The van der Waals surface area contributed by atoms with Crippen LogP contribution < -0.4 is 29.2 Å². The van der Waals surface area contributed by atoms with Crippen LogP contribution in [0.5, 0.6) is 0 Å². The van der Waals surface area contributed by atoms with Crippen LogP contribution in [0.15, 0.2) is 30.3 Å². The SMILES string of the molecule is CC(C)C[C@@H]([NH3+])C(=O)N[C@@H](Cc1ccccc1)C(N)=O.[Cl-]. The smallest absolute Gasteiger partial charge is 0.278 e. The average molecular weight is 314 g/mol. The van der Waals surface area contributed by atoms with E-state index >= 15 is 0 Å². The van der Waals surface area contributed by atoms with Gasteiger partial charge in [0.25, 0.3) is 5.91 Å². The van der Waals surface area contributed by atoms with E-state index in [1.807, 2.05) is 44.2 Å². The lowest BCUT2D eigenvalue weighted by molar-refractivity contribution is -0.406. The van der Waals surface area contributed by atoms with E-state index in [0.29, 0.717) is 18.8 Å². The van der Waals surface area contributed by atoms with E-state index in [9.17, 15) is 9.59 Å². The Morgan fingerprint density at radius 1 is 1.24 bits per heavy atom. The Hall–Kier alpha value is -1.59. The molecule has 2 atom stereocenters. The zero-order valence-corrected chi connectivity index (χ0v) is 13.3. The standard InChI is InChI=1S/C15H23N3O2.ClH/c1-10(2)8-12(16)15(20)18-13(14(17)19)9-11-6-4-3-5-7-11;/h3-7,10,12-13H,8-9,16H2,1-2H3,(H2,17,19)(H,18,20);1H/t12-,13+;/m1./s1. The van der Waals surface area contributed by atoms with Crippen molar-refractivity contribution in [3.8, 4) is 0 Å². The van der Waals surface area contributed by atoms with Crippen LogP contribution in [0, 0.1) is 5.92 Å². The summed E-state index contributed by atoms with van der Waals surface area (Å²) in [6, 6.07) is 8.41. The molecule has 0 saturated carbocycles. The zero-order chi connectivity index (χ0) is 15.1. The van der Waals surface area contributed by atoms with Crippen molar-refractivity contribution in [3.63, 3.8) is 0 Å². The molecule has 0 fully saturated rings. The highest BCUT2D eigenvalue weighted by atomic mass is 35.5. The Labute approximate surface area is 131 Å². The second kappa shape index (κ2) is 9.37. The van der Waals surface area contributed by atoms with E-state index in [4.69, 9.17) is 5.73 Å². The minimum atomic E-state index is -0.693. The Bertz CT molecular complexity index is 451. The second-order valence-electron chi connectivity index (χ2n) is 5.48. The summed E-state index contributed by atoms with van der Waals surface area (Å²) < 4.78 is 0. The molecule has 0 aliphatic rings. The van der Waals surface area contributed by atoms with Gasteiger partial charge < -0.3 is 29.2 Å². The second-order valence-corrected chi connectivity index (χ2v) is 5.48. The van der Waals surface area contributed by atoms with E-state index in [2.05, 4.69) is 11.1 Å². The first-order valence-electron chi connectivity index (χ1n) is 6.86. The Balaban J connectivity index is 0.00000400. The number of carbonyl (C=O) groups is 2. The lowest BCUT2D eigenvalue weighted by Crippen LogP contribution is -3.00. The normalized spacial score (nSPS) is 13.1. The summed E-state index contributed by atoms with van der Waals surface area (Å²) in [5.41, 5.74) is 10.2. The topological polar surface area (TPSA) is 99.8 Å². The molecule has 0 aromatic heterocycles. The van der Waals surface area contributed by atoms with Gasteiger partial charge in [-0.1, -0.05) is 44.2 Å². The number of rotatable bonds is 7. The monoisotopic (exact) mass is 313 g/mol. The van der Waals surface area contributed by atoms with Crippen LogP contribution >= 0.6 is 0 Å². The lowest BCUT2D eigenvalue weighted by Gasteiger charge is -2.18. The number of benzene rings is 1. The van der Waals surface area contributed by atoms with E-state index in [1.165, 1.54) is 0 Å². The van der Waals surface area contributed by atoms with Crippen molar-refractivity contribution in [2.24, 2.45) is 11.7 Å². The van der Waals surface area contributed by atoms with E-state index in [0.717, 1.165) is 5.56 Å². The Kier molecular flexibility index (Phi) is 8.66. The first-order valence-corrected chi connectivity index (χ1v) is 6.86. The lowest BCUT2D eigenvalue weighted by atomic mass is 10.0. The molecule has 1 rings (SSSR count). The van der Waals surface area contributed by atoms with Gasteiger partial charge in [0.15, 0.2) is 6.04 Å². The number of hydrogen-bond donors (Lipinski definition) is 3. The summed E-state index contributed by atoms with van der Waals surface area (Å²) in [6.07, 6.45) is 1.08. The summed E-state index contributed by atoms with van der Waals surface area (Å²) in [5.74, 6) is -0.373. The van der Waals surface area contributed by atoms with Gasteiger partial charge in [0.05, 0.1) is 0 Å². The summed E-state index contributed by atoms with van der Waals surface area (Å²) in [6.45, 7) is 4.06. The van der Waals surface area contributed by atoms with Crippen molar-refractivity contribution in [3.05, 3.63) is 35.9 Å². The Morgan fingerprint density at radius 3 is 2.29 bits per heavy atom. The van der Waals surface area contributed by atoms with Crippen molar-refractivity contribution >= 4 is 11.8 Å². The summed E-state index contributed by atoms with van der Waals surface area (Å²) in [4.78, 5) is 23.5. The van der Waals surface area contributed by atoms with Crippen molar-refractivity contribution in [2.75, 3.05) is 0 Å². The van der Waals surface area contributed by atoms with Gasteiger partial charge in [-0.2, -0.15) is 0 Å².